The number of ether oxygens (including phenoxy) is 1. The highest BCUT2D eigenvalue weighted by atomic mass is 19.4. The Morgan fingerprint density at radius 3 is 2.82 bits per heavy atom. The van der Waals surface area contributed by atoms with Crippen LogP contribution in [0.3, 0.4) is 0 Å². The number of likely N-dealkylation sites (tertiary alicyclic amines) is 1. The van der Waals surface area contributed by atoms with Crippen molar-refractivity contribution in [3.63, 3.8) is 0 Å². The van der Waals surface area contributed by atoms with E-state index in [0.29, 0.717) is 37.0 Å². The molecular formula is C29H37F3N4O2. The summed E-state index contributed by atoms with van der Waals surface area (Å²) in [6, 6.07) is 10.4. The van der Waals surface area contributed by atoms with Crippen LogP contribution >= 0.6 is 0 Å². The van der Waals surface area contributed by atoms with Crippen molar-refractivity contribution in [2.45, 2.75) is 63.3 Å². The number of hydrogen-bond acceptors (Lipinski definition) is 5. The van der Waals surface area contributed by atoms with Crippen LogP contribution in [0.15, 0.2) is 42.6 Å². The number of amides is 1. The van der Waals surface area contributed by atoms with Gasteiger partial charge in [-0.05, 0) is 79.8 Å². The van der Waals surface area contributed by atoms with E-state index in [1.165, 1.54) is 6.07 Å². The second kappa shape index (κ2) is 12.1. The molecule has 2 aromatic rings. The van der Waals surface area contributed by atoms with E-state index < -0.39 is 11.7 Å². The average Bonchev–Trinajstić information content (AvgIpc) is 3.09. The van der Waals surface area contributed by atoms with Gasteiger partial charge in [0.2, 0.25) is 5.91 Å². The predicted octanol–water partition coefficient (Wildman–Crippen LogP) is 4.08. The van der Waals surface area contributed by atoms with Gasteiger partial charge in [0.25, 0.3) is 0 Å². The van der Waals surface area contributed by atoms with Crippen molar-refractivity contribution >= 4 is 5.91 Å². The Bertz CT molecular complexity index is 1070. The molecule has 4 heterocycles. The second-order valence-electron chi connectivity index (χ2n) is 10.9. The Balaban J connectivity index is 1.21. The summed E-state index contributed by atoms with van der Waals surface area (Å²) in [5, 5.41) is 3.30. The molecule has 0 radical (unpaired) electrons. The third-order valence-corrected chi connectivity index (χ3v) is 8.24. The summed E-state index contributed by atoms with van der Waals surface area (Å²) in [6.07, 6.45) is 3.09. The number of benzene rings is 1. The normalized spacial score (nSPS) is 25.1. The lowest BCUT2D eigenvalue weighted by Crippen LogP contribution is -2.46. The van der Waals surface area contributed by atoms with Gasteiger partial charge in [-0.25, -0.2) is 0 Å². The van der Waals surface area contributed by atoms with E-state index in [2.05, 4.69) is 15.2 Å². The van der Waals surface area contributed by atoms with Crippen LogP contribution in [0.4, 0.5) is 13.2 Å². The number of carbonyl (C=O) groups excluding carboxylic acids is 1. The van der Waals surface area contributed by atoms with Gasteiger partial charge in [-0.15, -0.1) is 0 Å². The van der Waals surface area contributed by atoms with Crippen molar-refractivity contribution < 1.29 is 22.7 Å². The maximum absolute atomic E-state index is 13.2. The van der Waals surface area contributed by atoms with Crippen LogP contribution in [0.5, 0.6) is 0 Å². The molecule has 206 valence electrons. The third kappa shape index (κ3) is 6.93. The first kappa shape index (κ1) is 27.1. The Morgan fingerprint density at radius 2 is 2.00 bits per heavy atom. The fourth-order valence-corrected chi connectivity index (χ4v) is 6.17. The fraction of sp³-hybridized carbons (Fsp3) is 0.586. The van der Waals surface area contributed by atoms with E-state index >= 15 is 0 Å². The highest BCUT2D eigenvalue weighted by molar-refractivity contribution is 5.78. The third-order valence-electron chi connectivity index (χ3n) is 8.24. The molecule has 0 spiro atoms. The number of carbonyl (C=O) groups is 1. The first-order chi connectivity index (χ1) is 18.3. The van der Waals surface area contributed by atoms with Gasteiger partial charge in [-0.2, -0.15) is 13.2 Å². The molecule has 0 bridgehead atoms. The molecule has 2 fully saturated rings. The average molecular weight is 531 g/mol. The summed E-state index contributed by atoms with van der Waals surface area (Å²) >= 11 is 0. The first-order valence-electron chi connectivity index (χ1n) is 13.8. The highest BCUT2D eigenvalue weighted by Gasteiger charge is 2.37. The summed E-state index contributed by atoms with van der Waals surface area (Å²) in [5.74, 6) is 0.265. The van der Waals surface area contributed by atoms with Crippen LogP contribution in [0, 0.1) is 5.92 Å². The van der Waals surface area contributed by atoms with Crippen molar-refractivity contribution in [1.82, 2.24) is 20.1 Å². The molecular weight excluding hydrogens is 493 g/mol. The molecule has 1 amide bonds. The number of aryl methyl sites for hydroxylation is 1. The van der Waals surface area contributed by atoms with E-state index in [4.69, 9.17) is 4.74 Å². The lowest BCUT2D eigenvalue weighted by atomic mass is 9.96. The topological polar surface area (TPSA) is 57.7 Å². The molecule has 2 unspecified atom stereocenters. The van der Waals surface area contributed by atoms with Gasteiger partial charge >= 0.3 is 6.18 Å². The zero-order valence-electron chi connectivity index (χ0n) is 21.8. The second-order valence-corrected chi connectivity index (χ2v) is 10.9. The lowest BCUT2D eigenvalue weighted by molar-refractivity contribution is -0.137. The molecule has 5 rings (SSSR count). The maximum atomic E-state index is 13.2. The number of rotatable bonds is 7. The minimum atomic E-state index is -4.36. The van der Waals surface area contributed by atoms with Crippen LogP contribution in [0.2, 0.25) is 0 Å². The van der Waals surface area contributed by atoms with Crippen molar-refractivity contribution in [1.29, 1.82) is 0 Å². The van der Waals surface area contributed by atoms with Gasteiger partial charge in [-0.1, -0.05) is 12.1 Å². The number of hydrogen-bond donors (Lipinski definition) is 1. The van der Waals surface area contributed by atoms with Crippen molar-refractivity contribution in [3.8, 4) is 0 Å². The quantitative estimate of drug-likeness (QED) is 0.585. The van der Waals surface area contributed by atoms with E-state index in [1.54, 1.807) is 6.07 Å². The fourth-order valence-electron chi connectivity index (χ4n) is 6.17. The molecule has 3 aliphatic heterocycles. The summed E-state index contributed by atoms with van der Waals surface area (Å²) in [6.45, 7) is 4.57. The zero-order valence-corrected chi connectivity index (χ0v) is 21.8. The summed E-state index contributed by atoms with van der Waals surface area (Å²) < 4.78 is 45.3. The molecule has 6 nitrogen and oxygen atoms in total. The molecule has 0 aliphatic carbocycles. The molecule has 2 saturated heterocycles. The van der Waals surface area contributed by atoms with Crippen LogP contribution in [-0.2, 0) is 35.1 Å². The predicted molar refractivity (Wildman–Crippen MR) is 138 cm³/mol. The van der Waals surface area contributed by atoms with E-state index in [0.717, 1.165) is 75.7 Å². The Labute approximate surface area is 222 Å². The molecule has 1 aromatic heterocycles. The number of fused-ring (bicyclic) bond motifs is 1. The SMILES string of the molecule is O=C(CN1CCc2ccc(C(F)(F)F)cc2C1)NC1CN(C2CCCOCC2)C[C@@H]1CCc1ccccn1. The van der Waals surface area contributed by atoms with Gasteiger partial charge in [0.05, 0.1) is 12.1 Å². The number of aromatic nitrogens is 1. The summed E-state index contributed by atoms with van der Waals surface area (Å²) in [4.78, 5) is 22.1. The zero-order chi connectivity index (χ0) is 26.5. The number of nitrogens with one attached hydrogen (secondary N) is 1. The van der Waals surface area contributed by atoms with Crippen LogP contribution in [-0.4, -0.2) is 72.2 Å². The number of halogens is 3. The van der Waals surface area contributed by atoms with Gasteiger partial charge in [0, 0.05) is 63.4 Å². The molecule has 3 aliphatic rings. The number of pyridine rings is 1. The Morgan fingerprint density at radius 1 is 1.11 bits per heavy atom. The largest absolute Gasteiger partial charge is 0.416 e. The maximum Gasteiger partial charge on any atom is 0.416 e. The molecule has 0 saturated carbocycles. The van der Waals surface area contributed by atoms with Gasteiger partial charge < -0.3 is 10.1 Å². The summed E-state index contributed by atoms with van der Waals surface area (Å²) in [5.41, 5.74) is 2.02. The summed E-state index contributed by atoms with van der Waals surface area (Å²) in [7, 11) is 0. The van der Waals surface area contributed by atoms with Crippen molar-refractivity contribution in [2.75, 3.05) is 39.4 Å². The Kier molecular flexibility index (Phi) is 8.65. The Hall–Kier alpha value is -2.49. The van der Waals surface area contributed by atoms with Crippen LogP contribution in [0.1, 0.15) is 48.1 Å². The molecule has 1 aromatic carbocycles. The van der Waals surface area contributed by atoms with Crippen LogP contribution in [0.25, 0.3) is 0 Å². The lowest BCUT2D eigenvalue weighted by Gasteiger charge is -2.30. The molecule has 1 N–H and O–H groups in total. The van der Waals surface area contributed by atoms with Gasteiger partial charge in [0.1, 0.15) is 0 Å². The first-order valence-corrected chi connectivity index (χ1v) is 13.8. The highest BCUT2D eigenvalue weighted by Crippen LogP contribution is 2.32. The van der Waals surface area contributed by atoms with E-state index in [1.807, 2.05) is 29.3 Å². The van der Waals surface area contributed by atoms with Crippen molar-refractivity contribution in [3.05, 3.63) is 65.0 Å². The molecule has 3 atom stereocenters. The smallest absolute Gasteiger partial charge is 0.381 e. The standard InChI is InChI=1S/C29H37F3N4O2/c30-29(31,32)24-8-6-21-10-13-35(17-23(21)16-24)20-28(37)34-27-19-36(26-5-3-14-38-15-11-26)18-22(27)7-9-25-4-1-2-12-33-25/h1-2,4,6,8,12,16,22,26-27H,3,5,7,9-11,13-15,17-20H2,(H,34,37)/t22-,26?,27?/m0/s1. The monoisotopic (exact) mass is 530 g/mol. The van der Waals surface area contributed by atoms with Crippen molar-refractivity contribution in [2.24, 2.45) is 5.92 Å². The van der Waals surface area contributed by atoms with Gasteiger partial charge in [0.15, 0.2) is 0 Å². The van der Waals surface area contributed by atoms with Gasteiger partial charge in [-0.3, -0.25) is 19.6 Å². The number of nitrogens with zero attached hydrogens (tertiary/aromatic N) is 3. The number of alkyl halides is 3. The van der Waals surface area contributed by atoms with Crippen LogP contribution < -0.4 is 5.32 Å². The minimum Gasteiger partial charge on any atom is -0.381 e. The molecule has 9 heteroatoms. The molecule has 38 heavy (non-hydrogen) atoms. The van der Waals surface area contributed by atoms with E-state index in [-0.39, 0.29) is 18.5 Å². The van der Waals surface area contributed by atoms with E-state index in [9.17, 15) is 18.0 Å². The minimum absolute atomic E-state index is 0.0456.